The number of hydrogen-bond donors (Lipinski definition) is 0. The summed E-state index contributed by atoms with van der Waals surface area (Å²) in [5.74, 6) is 1.44. The van der Waals surface area contributed by atoms with Gasteiger partial charge >= 0.3 is 0 Å². The first-order valence-electron chi connectivity index (χ1n) is 7.34. The molecule has 0 radical (unpaired) electrons. The maximum atomic E-state index is 11.7. The van der Waals surface area contributed by atoms with Crippen molar-refractivity contribution >= 4 is 0 Å². The van der Waals surface area contributed by atoms with Crippen LogP contribution in [-0.2, 0) is 13.1 Å². The number of likely N-dealkylation sites (tertiary alicyclic amines) is 1. The fraction of sp³-hybridized carbons (Fsp3) is 0.533. The molecule has 1 fully saturated rings. The average Bonchev–Trinajstić information content (AvgIpc) is 2.89. The van der Waals surface area contributed by atoms with Gasteiger partial charge in [0.2, 0.25) is 0 Å². The molecule has 0 amide bonds. The van der Waals surface area contributed by atoms with Gasteiger partial charge in [-0.1, -0.05) is 0 Å². The summed E-state index contributed by atoms with van der Waals surface area (Å²) >= 11 is 0. The Morgan fingerprint density at radius 2 is 2.19 bits per heavy atom. The summed E-state index contributed by atoms with van der Waals surface area (Å²) < 4.78 is 6.95. The average molecular weight is 288 g/mol. The molecule has 0 aliphatic carbocycles. The van der Waals surface area contributed by atoms with Gasteiger partial charge in [0.25, 0.3) is 5.56 Å². The summed E-state index contributed by atoms with van der Waals surface area (Å²) in [6, 6.07) is 1.52. The Balaban J connectivity index is 1.52. The Hall–Kier alpha value is -1.95. The van der Waals surface area contributed by atoms with E-state index in [1.807, 2.05) is 6.92 Å². The molecular formula is C15H20N4O2. The van der Waals surface area contributed by atoms with E-state index in [2.05, 4.69) is 14.9 Å². The number of rotatable bonds is 4. The molecule has 3 rings (SSSR count). The van der Waals surface area contributed by atoms with E-state index in [9.17, 15) is 4.79 Å². The smallest absolute Gasteiger partial charge is 0.253 e. The van der Waals surface area contributed by atoms with Crippen LogP contribution in [0.2, 0.25) is 0 Å². The second-order valence-corrected chi connectivity index (χ2v) is 5.65. The van der Waals surface area contributed by atoms with E-state index in [1.165, 1.54) is 12.5 Å². The second kappa shape index (κ2) is 6.22. The number of hydrogen-bond acceptors (Lipinski definition) is 5. The van der Waals surface area contributed by atoms with E-state index >= 15 is 0 Å². The topological polar surface area (TPSA) is 64.2 Å². The van der Waals surface area contributed by atoms with Crippen molar-refractivity contribution in [3.05, 3.63) is 46.8 Å². The first-order valence-corrected chi connectivity index (χ1v) is 7.34. The molecule has 1 saturated heterocycles. The molecule has 3 heterocycles. The van der Waals surface area contributed by atoms with E-state index in [1.54, 1.807) is 17.1 Å². The third-order valence-electron chi connectivity index (χ3n) is 4.17. The minimum Gasteiger partial charge on any atom is -0.448 e. The first-order chi connectivity index (χ1) is 10.2. The van der Waals surface area contributed by atoms with Gasteiger partial charge in [-0.25, -0.2) is 9.97 Å². The van der Waals surface area contributed by atoms with Crippen molar-refractivity contribution in [2.24, 2.45) is 5.92 Å². The second-order valence-electron chi connectivity index (χ2n) is 5.65. The van der Waals surface area contributed by atoms with Crippen molar-refractivity contribution in [1.29, 1.82) is 0 Å². The highest BCUT2D eigenvalue weighted by molar-refractivity contribution is 5.04. The van der Waals surface area contributed by atoms with Crippen molar-refractivity contribution in [3.8, 4) is 0 Å². The van der Waals surface area contributed by atoms with Crippen molar-refractivity contribution in [1.82, 2.24) is 19.4 Å². The lowest BCUT2D eigenvalue weighted by molar-refractivity contribution is 0.164. The largest absolute Gasteiger partial charge is 0.448 e. The van der Waals surface area contributed by atoms with Crippen LogP contribution in [0.3, 0.4) is 0 Å². The number of aromatic nitrogens is 3. The number of nitrogens with zero attached hydrogens (tertiary/aromatic N) is 4. The third kappa shape index (κ3) is 3.39. The Kier molecular flexibility index (Phi) is 4.15. The minimum atomic E-state index is 0.0330. The lowest BCUT2D eigenvalue weighted by atomic mass is 9.96. The van der Waals surface area contributed by atoms with Gasteiger partial charge in [0, 0.05) is 25.4 Å². The summed E-state index contributed by atoms with van der Waals surface area (Å²) in [6.45, 7) is 5.63. The summed E-state index contributed by atoms with van der Waals surface area (Å²) in [6.07, 6.45) is 6.87. The van der Waals surface area contributed by atoms with E-state index in [-0.39, 0.29) is 5.56 Å². The molecular weight excluding hydrogens is 268 g/mol. The van der Waals surface area contributed by atoms with Crippen molar-refractivity contribution in [3.63, 3.8) is 0 Å². The zero-order chi connectivity index (χ0) is 14.7. The molecule has 2 aromatic heterocycles. The van der Waals surface area contributed by atoms with Crippen LogP contribution in [0.1, 0.15) is 24.3 Å². The molecule has 6 heteroatoms. The molecule has 0 spiro atoms. The van der Waals surface area contributed by atoms with Gasteiger partial charge in [0.15, 0.2) is 6.39 Å². The molecule has 0 saturated carbocycles. The maximum absolute atomic E-state index is 11.7. The summed E-state index contributed by atoms with van der Waals surface area (Å²) in [5, 5.41) is 0. The van der Waals surface area contributed by atoms with Crippen LogP contribution in [-0.4, -0.2) is 32.5 Å². The molecule has 112 valence electrons. The van der Waals surface area contributed by atoms with Crippen molar-refractivity contribution in [2.45, 2.75) is 32.9 Å². The van der Waals surface area contributed by atoms with Gasteiger partial charge in [-0.15, -0.1) is 0 Å². The molecule has 0 unspecified atom stereocenters. The number of oxazole rings is 1. The number of piperidine rings is 1. The lowest BCUT2D eigenvalue weighted by Crippen LogP contribution is -2.36. The van der Waals surface area contributed by atoms with Crippen LogP contribution in [0.15, 0.2) is 34.2 Å². The van der Waals surface area contributed by atoms with Gasteiger partial charge in [0.05, 0.1) is 12.0 Å². The fourth-order valence-electron chi connectivity index (χ4n) is 2.81. The van der Waals surface area contributed by atoms with E-state index in [0.29, 0.717) is 5.92 Å². The summed E-state index contributed by atoms with van der Waals surface area (Å²) in [4.78, 5) is 22.4. The highest BCUT2D eigenvalue weighted by Gasteiger charge is 2.21. The molecule has 2 aromatic rings. The predicted molar refractivity (Wildman–Crippen MR) is 77.7 cm³/mol. The van der Waals surface area contributed by atoms with Gasteiger partial charge in [0.1, 0.15) is 5.76 Å². The molecule has 21 heavy (non-hydrogen) atoms. The van der Waals surface area contributed by atoms with Crippen LogP contribution >= 0.6 is 0 Å². The van der Waals surface area contributed by atoms with Crippen LogP contribution in [0.5, 0.6) is 0 Å². The quantitative estimate of drug-likeness (QED) is 0.852. The molecule has 1 aliphatic rings. The van der Waals surface area contributed by atoms with E-state index in [0.717, 1.165) is 50.5 Å². The monoisotopic (exact) mass is 288 g/mol. The first kappa shape index (κ1) is 14.0. The van der Waals surface area contributed by atoms with Crippen LogP contribution in [0, 0.1) is 12.8 Å². The number of aryl methyl sites for hydroxylation is 1. The Morgan fingerprint density at radius 3 is 2.86 bits per heavy atom. The van der Waals surface area contributed by atoms with Crippen LogP contribution in [0.25, 0.3) is 0 Å². The predicted octanol–water partition coefficient (Wildman–Crippen LogP) is 1.45. The van der Waals surface area contributed by atoms with Gasteiger partial charge in [-0.2, -0.15) is 0 Å². The van der Waals surface area contributed by atoms with Gasteiger partial charge in [-0.05, 0) is 38.8 Å². The minimum absolute atomic E-state index is 0.0330. The van der Waals surface area contributed by atoms with Gasteiger partial charge < -0.3 is 4.42 Å². The Bertz CT molecular complexity index is 641. The normalized spacial score (nSPS) is 17.2. The van der Waals surface area contributed by atoms with Gasteiger partial charge in [-0.3, -0.25) is 14.3 Å². The molecule has 1 aliphatic heterocycles. The maximum Gasteiger partial charge on any atom is 0.253 e. The molecule has 0 bridgehead atoms. The molecule has 6 nitrogen and oxygen atoms in total. The van der Waals surface area contributed by atoms with Crippen LogP contribution < -0.4 is 5.56 Å². The van der Waals surface area contributed by atoms with E-state index < -0.39 is 0 Å². The third-order valence-corrected chi connectivity index (χ3v) is 4.17. The highest BCUT2D eigenvalue weighted by atomic mass is 16.3. The standard InChI is InChI=1S/C15H20N4O2/c1-12-14(17-11-21-12)9-18-6-3-13(4-7-18)8-19-10-16-5-2-15(19)20/h2,5,10-11,13H,3-4,6-9H2,1H3. The summed E-state index contributed by atoms with van der Waals surface area (Å²) in [7, 11) is 0. The molecule has 0 N–H and O–H groups in total. The van der Waals surface area contributed by atoms with Crippen LogP contribution in [0.4, 0.5) is 0 Å². The zero-order valence-corrected chi connectivity index (χ0v) is 12.2. The molecule has 0 aromatic carbocycles. The Morgan fingerprint density at radius 1 is 1.38 bits per heavy atom. The van der Waals surface area contributed by atoms with Crippen molar-refractivity contribution < 1.29 is 4.42 Å². The molecule has 0 atom stereocenters. The zero-order valence-electron chi connectivity index (χ0n) is 12.2. The highest BCUT2D eigenvalue weighted by Crippen LogP contribution is 2.20. The summed E-state index contributed by atoms with van der Waals surface area (Å²) in [5.41, 5.74) is 1.06. The lowest BCUT2D eigenvalue weighted by Gasteiger charge is -2.31. The fourth-order valence-corrected chi connectivity index (χ4v) is 2.81. The van der Waals surface area contributed by atoms with E-state index in [4.69, 9.17) is 4.42 Å². The Labute approximate surface area is 123 Å². The van der Waals surface area contributed by atoms with Crippen molar-refractivity contribution in [2.75, 3.05) is 13.1 Å². The SMILES string of the molecule is Cc1ocnc1CN1CCC(Cn2cnccc2=O)CC1.